The Morgan fingerprint density at radius 1 is 1.33 bits per heavy atom. The van der Waals surface area contributed by atoms with Crippen molar-refractivity contribution >= 4 is 11.5 Å². The molecule has 3 rings (SSSR count). The highest BCUT2D eigenvalue weighted by atomic mass is 19.1. The van der Waals surface area contributed by atoms with E-state index in [1.165, 1.54) is 13.0 Å². The van der Waals surface area contributed by atoms with E-state index in [0.717, 1.165) is 31.6 Å². The number of H-pyrrole nitrogens is 1. The van der Waals surface area contributed by atoms with Gasteiger partial charge in [0.2, 0.25) is 0 Å². The number of nitrogens with zero attached hydrogens (tertiary/aromatic N) is 2. The van der Waals surface area contributed by atoms with Crippen LogP contribution in [0.3, 0.4) is 0 Å². The number of halogens is 1. The zero-order valence-corrected chi connectivity index (χ0v) is 12.0. The SMILES string of the molecule is CC(=O)c1c(F)cccc1N1CCC(c2ccn[nH]2)CC1. The number of Topliss-reactive ketones (excluding diaryl/α,β-unsaturated/α-hetero) is 1. The first kappa shape index (κ1) is 13.8. The van der Waals surface area contributed by atoms with Crippen LogP contribution < -0.4 is 4.90 Å². The lowest BCUT2D eigenvalue weighted by atomic mass is 9.93. The second kappa shape index (κ2) is 5.68. The lowest BCUT2D eigenvalue weighted by Crippen LogP contribution is -2.34. The zero-order chi connectivity index (χ0) is 14.8. The van der Waals surface area contributed by atoms with Crippen molar-refractivity contribution in [3.8, 4) is 0 Å². The van der Waals surface area contributed by atoms with Gasteiger partial charge in [0, 0.05) is 30.9 Å². The summed E-state index contributed by atoms with van der Waals surface area (Å²) in [7, 11) is 0. The quantitative estimate of drug-likeness (QED) is 0.882. The van der Waals surface area contributed by atoms with Gasteiger partial charge in [0.15, 0.2) is 5.78 Å². The van der Waals surface area contributed by atoms with Crippen LogP contribution in [0.15, 0.2) is 30.5 Å². The largest absolute Gasteiger partial charge is 0.371 e. The molecule has 0 amide bonds. The molecule has 1 aliphatic rings. The van der Waals surface area contributed by atoms with Crippen molar-refractivity contribution in [1.29, 1.82) is 0 Å². The summed E-state index contributed by atoms with van der Waals surface area (Å²) < 4.78 is 13.9. The van der Waals surface area contributed by atoms with Gasteiger partial charge in [-0.05, 0) is 38.0 Å². The molecule has 110 valence electrons. The van der Waals surface area contributed by atoms with Crippen LogP contribution in [0.2, 0.25) is 0 Å². The summed E-state index contributed by atoms with van der Waals surface area (Å²) in [5.74, 6) is -0.201. The minimum atomic E-state index is -0.435. The van der Waals surface area contributed by atoms with Gasteiger partial charge < -0.3 is 4.90 Å². The number of ketones is 1. The average Bonchev–Trinajstić information content (AvgIpc) is 3.01. The van der Waals surface area contributed by atoms with E-state index in [9.17, 15) is 9.18 Å². The number of rotatable bonds is 3. The van der Waals surface area contributed by atoms with Gasteiger partial charge in [-0.15, -0.1) is 0 Å². The molecule has 0 unspecified atom stereocenters. The predicted molar refractivity (Wildman–Crippen MR) is 79.2 cm³/mol. The molecule has 0 bridgehead atoms. The van der Waals surface area contributed by atoms with Crippen molar-refractivity contribution in [1.82, 2.24) is 10.2 Å². The average molecular weight is 287 g/mol. The molecule has 2 heterocycles. The number of carbonyl (C=O) groups is 1. The molecule has 1 N–H and O–H groups in total. The Bertz CT molecular complexity index is 631. The van der Waals surface area contributed by atoms with E-state index in [1.54, 1.807) is 12.3 Å². The Morgan fingerprint density at radius 2 is 2.10 bits per heavy atom. The third kappa shape index (κ3) is 2.68. The number of aromatic amines is 1. The maximum atomic E-state index is 13.9. The van der Waals surface area contributed by atoms with E-state index in [1.807, 2.05) is 12.1 Å². The standard InChI is InChI=1S/C16H18FN3O/c1-11(21)16-13(17)3-2-4-15(16)20-9-6-12(7-10-20)14-5-8-18-19-14/h2-5,8,12H,6-7,9-10H2,1H3,(H,18,19). The minimum Gasteiger partial charge on any atom is -0.371 e. The molecule has 0 saturated carbocycles. The number of hydrogen-bond donors (Lipinski definition) is 1. The number of anilines is 1. The zero-order valence-electron chi connectivity index (χ0n) is 12.0. The van der Waals surface area contributed by atoms with Gasteiger partial charge in [-0.3, -0.25) is 9.89 Å². The number of nitrogens with one attached hydrogen (secondary N) is 1. The second-order valence-electron chi connectivity index (χ2n) is 5.46. The van der Waals surface area contributed by atoms with Crippen molar-refractivity contribution in [3.63, 3.8) is 0 Å². The molecule has 0 aliphatic carbocycles. The highest BCUT2D eigenvalue weighted by Crippen LogP contribution is 2.31. The molecular weight excluding hydrogens is 269 g/mol. The summed E-state index contributed by atoms with van der Waals surface area (Å²) >= 11 is 0. The number of benzene rings is 1. The maximum absolute atomic E-state index is 13.9. The van der Waals surface area contributed by atoms with E-state index < -0.39 is 5.82 Å². The molecule has 1 aliphatic heterocycles. The molecule has 0 radical (unpaired) electrons. The topological polar surface area (TPSA) is 49.0 Å². The normalized spacial score (nSPS) is 16.2. The Labute approximate surface area is 123 Å². The lowest BCUT2D eigenvalue weighted by Gasteiger charge is -2.34. The summed E-state index contributed by atoms with van der Waals surface area (Å²) in [6.07, 6.45) is 3.70. The van der Waals surface area contributed by atoms with Crippen molar-refractivity contribution < 1.29 is 9.18 Å². The molecule has 21 heavy (non-hydrogen) atoms. The van der Waals surface area contributed by atoms with Gasteiger partial charge in [0.25, 0.3) is 0 Å². The number of aromatic nitrogens is 2. The fourth-order valence-electron chi connectivity index (χ4n) is 3.05. The van der Waals surface area contributed by atoms with Gasteiger partial charge in [0.1, 0.15) is 5.82 Å². The summed E-state index contributed by atoms with van der Waals surface area (Å²) in [5.41, 5.74) is 2.07. The number of hydrogen-bond acceptors (Lipinski definition) is 3. The summed E-state index contributed by atoms with van der Waals surface area (Å²) in [4.78, 5) is 13.8. The molecule has 1 saturated heterocycles. The van der Waals surface area contributed by atoms with Crippen LogP contribution in [0.5, 0.6) is 0 Å². The minimum absolute atomic E-state index is 0.206. The van der Waals surface area contributed by atoms with Crippen LogP contribution in [-0.4, -0.2) is 29.1 Å². The summed E-state index contributed by atoms with van der Waals surface area (Å²) in [6, 6.07) is 6.84. The lowest BCUT2D eigenvalue weighted by molar-refractivity contribution is 0.101. The Morgan fingerprint density at radius 3 is 2.71 bits per heavy atom. The molecule has 1 aromatic heterocycles. The number of piperidine rings is 1. The molecule has 2 aromatic rings. The van der Waals surface area contributed by atoms with Gasteiger partial charge in [-0.1, -0.05) is 6.07 Å². The monoisotopic (exact) mass is 287 g/mol. The van der Waals surface area contributed by atoms with Crippen LogP contribution in [0.25, 0.3) is 0 Å². The van der Waals surface area contributed by atoms with Crippen molar-refractivity contribution in [2.24, 2.45) is 0 Å². The Balaban J connectivity index is 1.78. The molecular formula is C16H18FN3O. The first-order chi connectivity index (χ1) is 10.2. The third-order valence-electron chi connectivity index (χ3n) is 4.14. The first-order valence-electron chi connectivity index (χ1n) is 7.20. The first-order valence-corrected chi connectivity index (χ1v) is 7.20. The molecule has 0 atom stereocenters. The molecule has 1 fully saturated rings. The van der Waals surface area contributed by atoms with Crippen LogP contribution in [0.4, 0.5) is 10.1 Å². The van der Waals surface area contributed by atoms with Gasteiger partial charge in [-0.2, -0.15) is 5.10 Å². The van der Waals surface area contributed by atoms with Crippen molar-refractivity contribution in [2.45, 2.75) is 25.7 Å². The molecule has 4 nitrogen and oxygen atoms in total. The Hall–Kier alpha value is -2.17. The molecule has 1 aromatic carbocycles. The van der Waals surface area contributed by atoms with E-state index in [0.29, 0.717) is 11.6 Å². The smallest absolute Gasteiger partial charge is 0.164 e. The third-order valence-corrected chi connectivity index (χ3v) is 4.14. The van der Waals surface area contributed by atoms with Gasteiger partial charge in [0.05, 0.1) is 11.3 Å². The van der Waals surface area contributed by atoms with Crippen LogP contribution in [0.1, 0.15) is 41.7 Å². The van der Waals surface area contributed by atoms with Crippen molar-refractivity contribution in [3.05, 3.63) is 47.5 Å². The van der Waals surface area contributed by atoms with Crippen molar-refractivity contribution in [2.75, 3.05) is 18.0 Å². The molecule has 0 spiro atoms. The highest BCUT2D eigenvalue weighted by molar-refractivity contribution is 6.00. The predicted octanol–water partition coefficient (Wildman–Crippen LogP) is 3.14. The molecule has 5 heteroatoms. The highest BCUT2D eigenvalue weighted by Gasteiger charge is 2.24. The summed E-state index contributed by atoms with van der Waals surface area (Å²) in [6.45, 7) is 3.04. The maximum Gasteiger partial charge on any atom is 0.164 e. The number of carbonyl (C=O) groups excluding carboxylic acids is 1. The van der Waals surface area contributed by atoms with Gasteiger partial charge in [-0.25, -0.2) is 4.39 Å². The van der Waals surface area contributed by atoms with Crippen LogP contribution in [0, 0.1) is 5.82 Å². The Kier molecular flexibility index (Phi) is 3.73. The van der Waals surface area contributed by atoms with Gasteiger partial charge >= 0.3 is 0 Å². The fourth-order valence-corrected chi connectivity index (χ4v) is 3.05. The van der Waals surface area contributed by atoms with E-state index in [-0.39, 0.29) is 11.3 Å². The summed E-state index contributed by atoms with van der Waals surface area (Å²) in [5, 5.41) is 7.01. The van der Waals surface area contributed by atoms with E-state index in [2.05, 4.69) is 15.1 Å². The second-order valence-corrected chi connectivity index (χ2v) is 5.46. The van der Waals surface area contributed by atoms with E-state index >= 15 is 0 Å². The van der Waals surface area contributed by atoms with Crippen LogP contribution in [-0.2, 0) is 0 Å². The van der Waals surface area contributed by atoms with E-state index in [4.69, 9.17) is 0 Å². The fraction of sp³-hybridized carbons (Fsp3) is 0.375. The van der Waals surface area contributed by atoms with Crippen LogP contribution >= 0.6 is 0 Å².